The lowest BCUT2D eigenvalue weighted by Crippen LogP contribution is -2.22. The number of aromatic nitrogens is 2. The standard InChI is InChI=1S/C14H16ClN3/c1-11(12-3-6-16-7-4-12)18(2)10-13-5-8-17-9-14(13)15/h3-9,11H,10H2,1-2H3. The van der Waals surface area contributed by atoms with E-state index >= 15 is 0 Å². The molecule has 0 saturated carbocycles. The maximum Gasteiger partial charge on any atom is 0.0634 e. The van der Waals surface area contributed by atoms with Crippen LogP contribution in [0.4, 0.5) is 0 Å². The number of pyridine rings is 2. The van der Waals surface area contributed by atoms with Crippen LogP contribution in [0.5, 0.6) is 0 Å². The lowest BCUT2D eigenvalue weighted by Gasteiger charge is -2.25. The molecule has 0 saturated heterocycles. The van der Waals surface area contributed by atoms with Crippen molar-refractivity contribution in [1.82, 2.24) is 14.9 Å². The molecule has 0 fully saturated rings. The van der Waals surface area contributed by atoms with Gasteiger partial charge in [0.05, 0.1) is 5.02 Å². The lowest BCUT2D eigenvalue weighted by atomic mass is 10.1. The van der Waals surface area contributed by atoms with Gasteiger partial charge in [-0.2, -0.15) is 0 Å². The SMILES string of the molecule is CC(c1ccncc1)N(C)Cc1ccncc1Cl. The van der Waals surface area contributed by atoms with Gasteiger partial charge in [0, 0.05) is 37.4 Å². The van der Waals surface area contributed by atoms with Crippen LogP contribution in [0.15, 0.2) is 43.0 Å². The highest BCUT2D eigenvalue weighted by Crippen LogP contribution is 2.22. The summed E-state index contributed by atoms with van der Waals surface area (Å²) in [6.45, 7) is 2.97. The highest BCUT2D eigenvalue weighted by atomic mass is 35.5. The Bertz CT molecular complexity index is 501. The number of hydrogen-bond donors (Lipinski definition) is 0. The third-order valence-corrected chi connectivity index (χ3v) is 3.47. The van der Waals surface area contributed by atoms with E-state index < -0.39 is 0 Å². The van der Waals surface area contributed by atoms with Gasteiger partial charge in [0.15, 0.2) is 0 Å². The Labute approximate surface area is 112 Å². The van der Waals surface area contributed by atoms with E-state index in [9.17, 15) is 0 Å². The van der Waals surface area contributed by atoms with Crippen molar-refractivity contribution in [3.8, 4) is 0 Å². The fraction of sp³-hybridized carbons (Fsp3) is 0.286. The molecule has 0 spiro atoms. The zero-order valence-corrected chi connectivity index (χ0v) is 11.3. The fourth-order valence-corrected chi connectivity index (χ4v) is 2.01. The number of hydrogen-bond acceptors (Lipinski definition) is 3. The Morgan fingerprint density at radius 3 is 2.50 bits per heavy atom. The molecule has 0 aliphatic rings. The van der Waals surface area contributed by atoms with E-state index in [4.69, 9.17) is 11.6 Å². The van der Waals surface area contributed by atoms with Crippen LogP contribution in [0.2, 0.25) is 5.02 Å². The van der Waals surface area contributed by atoms with Crippen LogP contribution in [-0.4, -0.2) is 21.9 Å². The molecule has 0 aliphatic carbocycles. The Morgan fingerprint density at radius 2 is 1.83 bits per heavy atom. The molecule has 0 amide bonds. The topological polar surface area (TPSA) is 29.0 Å². The Morgan fingerprint density at radius 1 is 1.17 bits per heavy atom. The van der Waals surface area contributed by atoms with Gasteiger partial charge in [-0.25, -0.2) is 0 Å². The van der Waals surface area contributed by atoms with E-state index in [0.717, 1.165) is 12.1 Å². The minimum atomic E-state index is 0.317. The average Bonchev–Trinajstić information content (AvgIpc) is 2.41. The summed E-state index contributed by atoms with van der Waals surface area (Å²) in [5.74, 6) is 0. The Kier molecular flexibility index (Phi) is 4.28. The van der Waals surface area contributed by atoms with Crippen LogP contribution in [0.25, 0.3) is 0 Å². The van der Waals surface area contributed by atoms with E-state index in [1.165, 1.54) is 5.56 Å². The van der Waals surface area contributed by atoms with E-state index in [2.05, 4.69) is 28.8 Å². The Hall–Kier alpha value is -1.45. The summed E-state index contributed by atoms with van der Waals surface area (Å²) >= 11 is 6.12. The second kappa shape index (κ2) is 5.94. The minimum Gasteiger partial charge on any atom is -0.295 e. The highest BCUT2D eigenvalue weighted by Gasteiger charge is 2.12. The van der Waals surface area contributed by atoms with Gasteiger partial charge < -0.3 is 0 Å². The van der Waals surface area contributed by atoms with Crippen LogP contribution in [0.1, 0.15) is 24.1 Å². The number of rotatable bonds is 4. The molecule has 2 rings (SSSR count). The van der Waals surface area contributed by atoms with Crippen molar-refractivity contribution in [2.24, 2.45) is 0 Å². The molecule has 2 aromatic heterocycles. The summed E-state index contributed by atoms with van der Waals surface area (Å²) in [5.41, 5.74) is 2.34. The highest BCUT2D eigenvalue weighted by molar-refractivity contribution is 6.31. The van der Waals surface area contributed by atoms with E-state index in [0.29, 0.717) is 11.1 Å². The molecular weight excluding hydrogens is 246 g/mol. The lowest BCUT2D eigenvalue weighted by molar-refractivity contribution is 0.253. The van der Waals surface area contributed by atoms with Crippen molar-refractivity contribution in [3.63, 3.8) is 0 Å². The third kappa shape index (κ3) is 3.06. The van der Waals surface area contributed by atoms with Gasteiger partial charge in [0.25, 0.3) is 0 Å². The summed E-state index contributed by atoms with van der Waals surface area (Å²) in [7, 11) is 2.09. The van der Waals surface area contributed by atoms with Crippen molar-refractivity contribution < 1.29 is 0 Å². The van der Waals surface area contributed by atoms with Crippen molar-refractivity contribution in [1.29, 1.82) is 0 Å². The molecule has 2 aromatic rings. The minimum absolute atomic E-state index is 0.317. The maximum atomic E-state index is 6.12. The van der Waals surface area contributed by atoms with E-state index in [-0.39, 0.29) is 0 Å². The molecular formula is C14H16ClN3. The summed E-state index contributed by atoms with van der Waals surface area (Å²) in [6, 6.07) is 6.35. The van der Waals surface area contributed by atoms with Crippen LogP contribution in [0.3, 0.4) is 0 Å². The molecule has 18 heavy (non-hydrogen) atoms. The molecule has 0 aliphatic heterocycles. The quantitative estimate of drug-likeness (QED) is 0.845. The van der Waals surface area contributed by atoms with Crippen molar-refractivity contribution >= 4 is 11.6 Å². The van der Waals surface area contributed by atoms with Crippen LogP contribution in [-0.2, 0) is 6.54 Å². The first kappa shape index (κ1) is 13.0. The third-order valence-electron chi connectivity index (χ3n) is 3.13. The largest absolute Gasteiger partial charge is 0.295 e. The molecule has 1 atom stereocenters. The molecule has 0 bridgehead atoms. The predicted octanol–water partition coefficient (Wildman–Crippen LogP) is 3.32. The predicted molar refractivity (Wildman–Crippen MR) is 73.4 cm³/mol. The van der Waals surface area contributed by atoms with Crippen LogP contribution < -0.4 is 0 Å². The zero-order valence-electron chi connectivity index (χ0n) is 10.5. The van der Waals surface area contributed by atoms with Gasteiger partial charge in [-0.1, -0.05) is 11.6 Å². The van der Waals surface area contributed by atoms with Gasteiger partial charge >= 0.3 is 0 Å². The van der Waals surface area contributed by atoms with Gasteiger partial charge in [-0.05, 0) is 43.3 Å². The first-order chi connectivity index (χ1) is 8.68. The summed E-state index contributed by atoms with van der Waals surface area (Å²) < 4.78 is 0. The number of nitrogens with zero attached hydrogens (tertiary/aromatic N) is 3. The first-order valence-electron chi connectivity index (χ1n) is 5.87. The molecule has 0 N–H and O–H groups in total. The first-order valence-corrected chi connectivity index (χ1v) is 6.25. The molecule has 2 heterocycles. The molecule has 3 nitrogen and oxygen atoms in total. The second-order valence-corrected chi connectivity index (χ2v) is 4.75. The molecule has 0 aromatic carbocycles. The van der Waals surface area contributed by atoms with Crippen molar-refractivity contribution in [2.45, 2.75) is 19.5 Å². The zero-order chi connectivity index (χ0) is 13.0. The normalized spacial score (nSPS) is 12.7. The van der Waals surface area contributed by atoms with Crippen LogP contribution in [0, 0.1) is 0 Å². The van der Waals surface area contributed by atoms with E-state index in [1.54, 1.807) is 12.4 Å². The molecule has 4 heteroatoms. The molecule has 0 radical (unpaired) electrons. The van der Waals surface area contributed by atoms with Gasteiger partial charge in [0.2, 0.25) is 0 Å². The smallest absolute Gasteiger partial charge is 0.0634 e. The summed E-state index contributed by atoms with van der Waals surface area (Å²) in [5, 5.41) is 0.714. The summed E-state index contributed by atoms with van der Waals surface area (Å²) in [4.78, 5) is 10.3. The fourth-order valence-electron chi connectivity index (χ4n) is 1.83. The van der Waals surface area contributed by atoms with Crippen molar-refractivity contribution in [2.75, 3.05) is 7.05 Å². The molecule has 1 unspecified atom stereocenters. The van der Waals surface area contributed by atoms with Gasteiger partial charge in [-0.3, -0.25) is 14.9 Å². The maximum absolute atomic E-state index is 6.12. The summed E-state index contributed by atoms with van der Waals surface area (Å²) in [6.07, 6.45) is 7.09. The second-order valence-electron chi connectivity index (χ2n) is 4.34. The average molecular weight is 262 g/mol. The van der Waals surface area contributed by atoms with Crippen LogP contribution >= 0.6 is 11.6 Å². The van der Waals surface area contributed by atoms with Gasteiger partial charge in [0.1, 0.15) is 0 Å². The van der Waals surface area contributed by atoms with Gasteiger partial charge in [-0.15, -0.1) is 0 Å². The number of halogens is 1. The van der Waals surface area contributed by atoms with E-state index in [1.807, 2.05) is 30.6 Å². The van der Waals surface area contributed by atoms with Crippen molar-refractivity contribution in [3.05, 3.63) is 59.1 Å². The molecule has 94 valence electrons. The Balaban J connectivity index is 2.09. The monoisotopic (exact) mass is 261 g/mol.